The number of fused-ring (bicyclic) bond motifs is 1. The molecular formula is C33H40N4O5. The molecule has 0 radical (unpaired) electrons. The minimum Gasteiger partial charge on any atom is -0.497 e. The maximum absolute atomic E-state index is 14.2. The molecule has 3 heterocycles. The fourth-order valence-corrected chi connectivity index (χ4v) is 7.21. The molecule has 3 aliphatic heterocycles. The van der Waals surface area contributed by atoms with Crippen molar-refractivity contribution in [2.45, 2.75) is 62.4 Å². The maximum Gasteiger partial charge on any atom is 0.246 e. The molecule has 222 valence electrons. The number of carbonyl (C=O) groups excluding carboxylic acids is 3. The van der Waals surface area contributed by atoms with Crippen molar-refractivity contribution >= 4 is 23.4 Å². The number of likely N-dealkylation sites (tertiary alicyclic amines) is 1. The van der Waals surface area contributed by atoms with Crippen molar-refractivity contribution in [1.29, 1.82) is 0 Å². The number of methoxy groups -OCH3 is 1. The van der Waals surface area contributed by atoms with Crippen LogP contribution in [-0.4, -0.2) is 78.6 Å². The van der Waals surface area contributed by atoms with E-state index in [1.54, 1.807) is 36.3 Å². The van der Waals surface area contributed by atoms with Crippen LogP contribution in [0.15, 0.2) is 66.7 Å². The second-order valence-corrected chi connectivity index (χ2v) is 12.0. The predicted molar refractivity (Wildman–Crippen MR) is 159 cm³/mol. The molecule has 3 amide bonds. The van der Waals surface area contributed by atoms with E-state index in [0.717, 1.165) is 32.2 Å². The monoisotopic (exact) mass is 572 g/mol. The van der Waals surface area contributed by atoms with E-state index in [0.29, 0.717) is 24.5 Å². The molecule has 2 saturated heterocycles. The Hall–Kier alpha value is -3.69. The molecule has 2 aromatic rings. The molecule has 1 spiro atoms. The number of ether oxygens (including phenoxy) is 2. The van der Waals surface area contributed by atoms with Gasteiger partial charge in [-0.25, -0.2) is 0 Å². The molecule has 3 fully saturated rings. The molecule has 9 heteroatoms. The summed E-state index contributed by atoms with van der Waals surface area (Å²) in [5.41, 5.74) is 0.583. The number of rotatable bonds is 10. The van der Waals surface area contributed by atoms with Crippen LogP contribution in [0.5, 0.6) is 5.75 Å². The lowest BCUT2D eigenvalue weighted by molar-refractivity contribution is -0.141. The third-order valence-corrected chi connectivity index (χ3v) is 9.23. The highest BCUT2D eigenvalue weighted by Gasteiger charge is 2.72. The third-order valence-electron chi connectivity index (χ3n) is 9.23. The summed E-state index contributed by atoms with van der Waals surface area (Å²) < 4.78 is 11.8. The van der Waals surface area contributed by atoms with Gasteiger partial charge >= 0.3 is 0 Å². The van der Waals surface area contributed by atoms with Gasteiger partial charge in [-0.05, 0) is 37.6 Å². The standard InChI is InChI=1S/C33H40N4O5/c1-36(21-22-10-5-3-6-11-22)18-19-37-29(31(39)34-23-12-7-4-8-13-23)33-17-16-26(42-33)27(28(33)32(37)40)30(38)35-24-14-9-15-25(20-24)41-2/h3,5-6,9-11,14-17,20,23,26-29H,4,7-8,12-13,18-19,21H2,1-2H3,(H,34,39)(H,35,38)/t26-,27+,28-,29+,33-/m0/s1. The van der Waals surface area contributed by atoms with Gasteiger partial charge in [0, 0.05) is 37.4 Å². The van der Waals surface area contributed by atoms with E-state index in [1.807, 2.05) is 37.4 Å². The molecular weight excluding hydrogens is 532 g/mol. The van der Waals surface area contributed by atoms with Crippen LogP contribution < -0.4 is 15.4 Å². The Kier molecular flexibility index (Phi) is 8.05. The highest BCUT2D eigenvalue weighted by atomic mass is 16.5. The summed E-state index contributed by atoms with van der Waals surface area (Å²) >= 11 is 0. The lowest BCUT2D eigenvalue weighted by atomic mass is 9.74. The van der Waals surface area contributed by atoms with Crippen molar-refractivity contribution in [1.82, 2.24) is 15.1 Å². The summed E-state index contributed by atoms with van der Waals surface area (Å²) in [4.78, 5) is 45.8. The summed E-state index contributed by atoms with van der Waals surface area (Å²) in [7, 11) is 3.58. The zero-order chi connectivity index (χ0) is 29.3. The summed E-state index contributed by atoms with van der Waals surface area (Å²) in [6.45, 7) is 1.65. The zero-order valence-electron chi connectivity index (χ0n) is 24.3. The molecule has 2 bridgehead atoms. The number of amides is 3. The first kappa shape index (κ1) is 28.4. The molecule has 1 saturated carbocycles. The van der Waals surface area contributed by atoms with Gasteiger partial charge < -0.3 is 29.9 Å². The van der Waals surface area contributed by atoms with Crippen molar-refractivity contribution in [3.05, 3.63) is 72.3 Å². The van der Waals surface area contributed by atoms with Gasteiger partial charge in [-0.3, -0.25) is 14.4 Å². The topological polar surface area (TPSA) is 100 Å². The molecule has 5 atom stereocenters. The van der Waals surface area contributed by atoms with Crippen molar-refractivity contribution in [3.63, 3.8) is 0 Å². The zero-order valence-corrected chi connectivity index (χ0v) is 24.3. The largest absolute Gasteiger partial charge is 0.497 e. The quantitative estimate of drug-likeness (QED) is 0.424. The lowest BCUT2D eigenvalue weighted by Crippen LogP contribution is -2.57. The van der Waals surface area contributed by atoms with Crippen LogP contribution in [-0.2, 0) is 25.7 Å². The first-order chi connectivity index (χ1) is 20.4. The van der Waals surface area contributed by atoms with Gasteiger partial charge in [0.15, 0.2) is 0 Å². The van der Waals surface area contributed by atoms with Crippen molar-refractivity contribution in [2.24, 2.45) is 11.8 Å². The second kappa shape index (κ2) is 11.9. The Morgan fingerprint density at radius 2 is 1.86 bits per heavy atom. The molecule has 0 unspecified atom stereocenters. The molecule has 2 aromatic carbocycles. The summed E-state index contributed by atoms with van der Waals surface area (Å²) in [5.74, 6) is -1.60. The summed E-state index contributed by atoms with van der Waals surface area (Å²) in [6.07, 6.45) is 8.37. The van der Waals surface area contributed by atoms with E-state index in [1.165, 1.54) is 12.0 Å². The van der Waals surface area contributed by atoms with Gasteiger partial charge in [-0.2, -0.15) is 0 Å². The first-order valence-electron chi connectivity index (χ1n) is 15.0. The van der Waals surface area contributed by atoms with Crippen molar-refractivity contribution in [2.75, 3.05) is 32.6 Å². The average molecular weight is 573 g/mol. The summed E-state index contributed by atoms with van der Waals surface area (Å²) in [5, 5.41) is 6.21. The third kappa shape index (κ3) is 5.31. The minimum atomic E-state index is -1.17. The van der Waals surface area contributed by atoms with Gasteiger partial charge in [0.05, 0.1) is 25.0 Å². The van der Waals surface area contributed by atoms with Crippen LogP contribution in [0.2, 0.25) is 0 Å². The van der Waals surface area contributed by atoms with Crippen LogP contribution in [0.4, 0.5) is 5.69 Å². The number of nitrogens with one attached hydrogen (secondary N) is 2. The molecule has 0 aromatic heterocycles. The fourth-order valence-electron chi connectivity index (χ4n) is 7.21. The van der Waals surface area contributed by atoms with Crippen LogP contribution >= 0.6 is 0 Å². The van der Waals surface area contributed by atoms with E-state index < -0.39 is 29.6 Å². The number of benzene rings is 2. The number of anilines is 1. The lowest BCUT2D eigenvalue weighted by Gasteiger charge is -2.34. The van der Waals surface area contributed by atoms with Crippen LogP contribution in [0.25, 0.3) is 0 Å². The smallest absolute Gasteiger partial charge is 0.246 e. The number of hydrogen-bond donors (Lipinski definition) is 2. The average Bonchev–Trinajstić information content (AvgIpc) is 3.64. The Bertz CT molecular complexity index is 1340. The molecule has 6 rings (SSSR count). The normalized spacial score (nSPS) is 28.3. The van der Waals surface area contributed by atoms with E-state index in [-0.39, 0.29) is 23.8 Å². The van der Waals surface area contributed by atoms with Crippen molar-refractivity contribution < 1.29 is 23.9 Å². The van der Waals surface area contributed by atoms with Crippen LogP contribution in [0.3, 0.4) is 0 Å². The first-order valence-corrected chi connectivity index (χ1v) is 15.0. The van der Waals surface area contributed by atoms with E-state index in [9.17, 15) is 14.4 Å². The van der Waals surface area contributed by atoms with Gasteiger partial charge in [0.1, 0.15) is 17.4 Å². The van der Waals surface area contributed by atoms with Gasteiger partial charge in [0.2, 0.25) is 17.7 Å². The Balaban J connectivity index is 1.24. The molecule has 2 N–H and O–H groups in total. The van der Waals surface area contributed by atoms with Crippen molar-refractivity contribution in [3.8, 4) is 5.75 Å². The highest BCUT2D eigenvalue weighted by Crippen LogP contribution is 2.55. The molecule has 4 aliphatic rings. The highest BCUT2D eigenvalue weighted by molar-refractivity contribution is 6.02. The fraction of sp³-hybridized carbons (Fsp3) is 0.485. The molecule has 1 aliphatic carbocycles. The Labute approximate surface area is 247 Å². The predicted octanol–water partition coefficient (Wildman–Crippen LogP) is 3.37. The Morgan fingerprint density at radius 1 is 1.07 bits per heavy atom. The van der Waals surface area contributed by atoms with Gasteiger partial charge in [-0.15, -0.1) is 0 Å². The van der Waals surface area contributed by atoms with E-state index in [4.69, 9.17) is 9.47 Å². The van der Waals surface area contributed by atoms with Crippen LogP contribution in [0.1, 0.15) is 37.7 Å². The minimum absolute atomic E-state index is 0.0918. The van der Waals surface area contributed by atoms with E-state index in [2.05, 4.69) is 27.7 Å². The van der Waals surface area contributed by atoms with Gasteiger partial charge in [-0.1, -0.05) is 67.8 Å². The molecule has 9 nitrogen and oxygen atoms in total. The number of carbonyl (C=O) groups is 3. The number of likely N-dealkylation sites (N-methyl/N-ethyl adjacent to an activating group) is 1. The number of nitrogens with zero attached hydrogens (tertiary/aromatic N) is 2. The van der Waals surface area contributed by atoms with Crippen LogP contribution in [0, 0.1) is 11.8 Å². The SMILES string of the molecule is COc1cccc(NC(=O)[C@@H]2[C@@H]3C=C[C@]4(O3)[C@@H]2C(=O)N(CCN(C)Cc2ccccc2)[C@@H]4C(=O)NC2CCCCC2)c1. The number of hydrogen-bond acceptors (Lipinski definition) is 6. The Morgan fingerprint density at radius 3 is 2.62 bits per heavy atom. The summed E-state index contributed by atoms with van der Waals surface area (Å²) in [6, 6.07) is 16.5. The maximum atomic E-state index is 14.2. The molecule has 42 heavy (non-hydrogen) atoms. The second-order valence-electron chi connectivity index (χ2n) is 12.0. The van der Waals surface area contributed by atoms with E-state index >= 15 is 0 Å². The van der Waals surface area contributed by atoms with Gasteiger partial charge in [0.25, 0.3) is 0 Å².